The Bertz CT molecular complexity index is 709. The van der Waals surface area contributed by atoms with E-state index >= 15 is 0 Å². The molecule has 0 amide bonds. The zero-order valence-electron chi connectivity index (χ0n) is 12.5. The van der Waals surface area contributed by atoms with Crippen molar-refractivity contribution in [1.82, 2.24) is 0 Å². The maximum Gasteiger partial charge on any atom is 0.195 e. The molecule has 0 saturated carbocycles. The van der Waals surface area contributed by atoms with Gasteiger partial charge < -0.3 is 10.0 Å². The third-order valence-corrected chi connectivity index (χ3v) is 4.69. The molecule has 0 spiro atoms. The van der Waals surface area contributed by atoms with Gasteiger partial charge in [0.15, 0.2) is 5.78 Å². The topological polar surface area (TPSA) is 40.5 Å². The molecule has 1 N–H and O–H groups in total. The molecule has 120 valence electrons. The van der Waals surface area contributed by atoms with E-state index in [2.05, 4.69) is 4.90 Å². The SMILES string of the molecule is O=C(c1ccc(N2CCCC2)cc1)C(O)c1ccc(Cl)cc1Cl. The summed E-state index contributed by atoms with van der Waals surface area (Å²) in [5, 5.41) is 11.1. The molecular weight excluding hydrogens is 333 g/mol. The van der Waals surface area contributed by atoms with Crippen molar-refractivity contribution >= 4 is 34.7 Å². The highest BCUT2D eigenvalue weighted by atomic mass is 35.5. The number of ketones is 1. The number of hydrogen-bond donors (Lipinski definition) is 1. The highest BCUT2D eigenvalue weighted by Crippen LogP contribution is 2.29. The van der Waals surface area contributed by atoms with Gasteiger partial charge in [0.25, 0.3) is 0 Å². The lowest BCUT2D eigenvalue weighted by atomic mass is 9.99. The standard InChI is InChI=1S/C18H17Cl2NO2/c19-13-5-8-15(16(20)11-13)18(23)17(22)12-3-6-14(7-4-12)21-9-1-2-10-21/h3-8,11,18,23H,1-2,9-10H2. The van der Waals surface area contributed by atoms with Gasteiger partial charge in [0.1, 0.15) is 6.10 Å². The first-order valence-electron chi connectivity index (χ1n) is 7.58. The van der Waals surface area contributed by atoms with E-state index in [4.69, 9.17) is 23.2 Å². The van der Waals surface area contributed by atoms with Crippen LogP contribution >= 0.6 is 23.2 Å². The van der Waals surface area contributed by atoms with Crippen LogP contribution in [-0.4, -0.2) is 24.0 Å². The van der Waals surface area contributed by atoms with Crippen LogP contribution < -0.4 is 4.90 Å². The largest absolute Gasteiger partial charge is 0.380 e. The minimum absolute atomic E-state index is 0.284. The lowest BCUT2D eigenvalue weighted by Gasteiger charge is -2.18. The van der Waals surface area contributed by atoms with Gasteiger partial charge in [-0.3, -0.25) is 4.79 Å². The Hall–Kier alpha value is -1.55. The number of Topliss-reactive ketones (excluding diaryl/α,β-unsaturated/α-hetero) is 1. The second-order valence-electron chi connectivity index (χ2n) is 5.67. The molecule has 0 bridgehead atoms. The highest BCUT2D eigenvalue weighted by molar-refractivity contribution is 6.35. The minimum atomic E-state index is -1.29. The van der Waals surface area contributed by atoms with Gasteiger partial charge in [-0.2, -0.15) is 0 Å². The monoisotopic (exact) mass is 349 g/mol. The molecule has 1 aliphatic rings. The normalized spacial score (nSPS) is 15.7. The van der Waals surface area contributed by atoms with E-state index in [1.165, 1.54) is 18.9 Å². The van der Waals surface area contributed by atoms with Crippen LogP contribution in [0.15, 0.2) is 42.5 Å². The van der Waals surface area contributed by atoms with E-state index in [1.54, 1.807) is 24.3 Å². The van der Waals surface area contributed by atoms with Crippen molar-refractivity contribution in [3.63, 3.8) is 0 Å². The van der Waals surface area contributed by atoms with Crippen molar-refractivity contribution in [2.24, 2.45) is 0 Å². The van der Waals surface area contributed by atoms with Gasteiger partial charge in [-0.1, -0.05) is 29.3 Å². The van der Waals surface area contributed by atoms with Crippen LogP contribution in [0.5, 0.6) is 0 Å². The molecule has 3 rings (SSSR count). The number of hydrogen-bond acceptors (Lipinski definition) is 3. The van der Waals surface area contributed by atoms with Gasteiger partial charge in [0.05, 0.1) is 0 Å². The van der Waals surface area contributed by atoms with Crippen LogP contribution in [-0.2, 0) is 0 Å². The highest BCUT2D eigenvalue weighted by Gasteiger charge is 2.22. The number of carbonyl (C=O) groups excluding carboxylic acids is 1. The first-order chi connectivity index (χ1) is 11.1. The maximum atomic E-state index is 12.5. The summed E-state index contributed by atoms with van der Waals surface area (Å²) in [6.45, 7) is 2.10. The van der Waals surface area contributed by atoms with E-state index in [0.29, 0.717) is 16.1 Å². The quantitative estimate of drug-likeness (QED) is 0.825. The molecule has 0 radical (unpaired) electrons. The molecular formula is C18H17Cl2NO2. The van der Waals surface area contributed by atoms with Crippen molar-refractivity contribution in [3.05, 3.63) is 63.6 Å². The maximum absolute atomic E-state index is 12.5. The Morgan fingerprint density at radius 1 is 1.04 bits per heavy atom. The second-order valence-corrected chi connectivity index (χ2v) is 6.52. The van der Waals surface area contributed by atoms with E-state index in [1.807, 2.05) is 12.1 Å². The summed E-state index contributed by atoms with van der Waals surface area (Å²) < 4.78 is 0. The van der Waals surface area contributed by atoms with Crippen LogP contribution in [0, 0.1) is 0 Å². The number of aliphatic hydroxyl groups is 1. The zero-order valence-corrected chi connectivity index (χ0v) is 14.0. The molecule has 0 aromatic heterocycles. The summed E-state index contributed by atoms with van der Waals surface area (Å²) in [6.07, 6.45) is 1.11. The zero-order chi connectivity index (χ0) is 16.4. The third kappa shape index (κ3) is 3.52. The average Bonchev–Trinajstić information content (AvgIpc) is 3.08. The number of aliphatic hydroxyl groups excluding tert-OH is 1. The van der Waals surface area contributed by atoms with Gasteiger partial charge in [0.2, 0.25) is 0 Å². The fourth-order valence-electron chi connectivity index (χ4n) is 2.83. The lowest BCUT2D eigenvalue weighted by Crippen LogP contribution is -2.18. The molecule has 1 atom stereocenters. The van der Waals surface area contributed by atoms with E-state index in [0.717, 1.165) is 18.8 Å². The number of carbonyl (C=O) groups is 1. The Morgan fingerprint density at radius 3 is 2.30 bits per heavy atom. The fourth-order valence-corrected chi connectivity index (χ4v) is 3.35. The molecule has 1 saturated heterocycles. The van der Waals surface area contributed by atoms with Crippen molar-refractivity contribution in [2.75, 3.05) is 18.0 Å². The van der Waals surface area contributed by atoms with Crippen molar-refractivity contribution < 1.29 is 9.90 Å². The summed E-state index contributed by atoms with van der Waals surface area (Å²) in [7, 11) is 0. The predicted octanol–water partition coefficient (Wildman–Crippen LogP) is 4.51. The number of rotatable bonds is 4. The van der Waals surface area contributed by atoms with Crippen molar-refractivity contribution in [2.45, 2.75) is 18.9 Å². The summed E-state index contributed by atoms with van der Waals surface area (Å²) >= 11 is 11.9. The van der Waals surface area contributed by atoms with Gasteiger partial charge >= 0.3 is 0 Å². The Balaban J connectivity index is 1.79. The number of halogens is 2. The van der Waals surface area contributed by atoms with Gasteiger partial charge in [-0.05, 0) is 49.2 Å². The third-order valence-electron chi connectivity index (χ3n) is 4.13. The van der Waals surface area contributed by atoms with E-state index < -0.39 is 6.10 Å². The first kappa shape index (κ1) is 16.3. The summed E-state index contributed by atoms with van der Waals surface area (Å²) in [5.74, 6) is -0.373. The predicted molar refractivity (Wildman–Crippen MR) is 93.6 cm³/mol. The Morgan fingerprint density at radius 2 is 1.70 bits per heavy atom. The van der Waals surface area contributed by atoms with Crippen LogP contribution in [0.2, 0.25) is 10.0 Å². The fraction of sp³-hybridized carbons (Fsp3) is 0.278. The number of nitrogens with zero attached hydrogens (tertiary/aromatic N) is 1. The lowest BCUT2D eigenvalue weighted by molar-refractivity contribution is 0.0747. The molecule has 3 nitrogen and oxygen atoms in total. The molecule has 2 aromatic rings. The first-order valence-corrected chi connectivity index (χ1v) is 8.34. The number of anilines is 1. The Kier molecular flexibility index (Phi) is 4.90. The molecule has 1 unspecified atom stereocenters. The number of benzene rings is 2. The van der Waals surface area contributed by atoms with E-state index in [9.17, 15) is 9.90 Å². The molecule has 1 fully saturated rings. The van der Waals surface area contributed by atoms with Crippen LogP contribution in [0.4, 0.5) is 5.69 Å². The van der Waals surface area contributed by atoms with Crippen LogP contribution in [0.1, 0.15) is 34.9 Å². The average molecular weight is 350 g/mol. The van der Waals surface area contributed by atoms with Crippen LogP contribution in [0.3, 0.4) is 0 Å². The van der Waals surface area contributed by atoms with Crippen LogP contribution in [0.25, 0.3) is 0 Å². The van der Waals surface area contributed by atoms with Crippen molar-refractivity contribution in [3.8, 4) is 0 Å². The smallest absolute Gasteiger partial charge is 0.195 e. The molecule has 1 heterocycles. The minimum Gasteiger partial charge on any atom is -0.380 e. The van der Waals surface area contributed by atoms with Crippen molar-refractivity contribution in [1.29, 1.82) is 0 Å². The van der Waals surface area contributed by atoms with Gasteiger partial charge in [-0.25, -0.2) is 0 Å². The Labute approximate surface area is 145 Å². The summed E-state index contributed by atoms with van der Waals surface area (Å²) in [6, 6.07) is 12.1. The molecule has 2 aromatic carbocycles. The van der Waals surface area contributed by atoms with E-state index in [-0.39, 0.29) is 10.8 Å². The van der Waals surface area contributed by atoms with Gasteiger partial charge in [-0.15, -0.1) is 0 Å². The molecule has 1 aliphatic heterocycles. The second kappa shape index (κ2) is 6.91. The molecule has 0 aliphatic carbocycles. The van der Waals surface area contributed by atoms with Gasteiger partial charge in [0, 0.05) is 39.9 Å². The molecule has 5 heteroatoms. The molecule has 23 heavy (non-hydrogen) atoms. The summed E-state index contributed by atoms with van der Waals surface area (Å²) in [5.41, 5.74) is 1.94. The summed E-state index contributed by atoms with van der Waals surface area (Å²) in [4.78, 5) is 14.8.